The molecule has 0 aromatic carbocycles. The quantitative estimate of drug-likeness (QED) is 0.467. The van der Waals surface area contributed by atoms with Crippen molar-refractivity contribution in [3.05, 3.63) is 0 Å². The maximum Gasteiger partial charge on any atom is 0.329 e. The number of methoxy groups -OCH3 is 1. The minimum atomic E-state index is -0.428. The van der Waals surface area contributed by atoms with E-state index in [1.54, 1.807) is 0 Å². The molecule has 0 aromatic rings. The van der Waals surface area contributed by atoms with Gasteiger partial charge >= 0.3 is 5.97 Å². The molecule has 1 aliphatic rings. The van der Waals surface area contributed by atoms with Gasteiger partial charge in [0.2, 0.25) is 5.91 Å². The van der Waals surface area contributed by atoms with E-state index in [9.17, 15) is 9.59 Å². The number of hydrogen-bond acceptors (Lipinski definition) is 3. The van der Waals surface area contributed by atoms with E-state index < -0.39 is 6.04 Å². The molecule has 0 spiro atoms. The van der Waals surface area contributed by atoms with Crippen LogP contribution in [0.15, 0.2) is 0 Å². The van der Waals surface area contributed by atoms with Gasteiger partial charge in [0.25, 0.3) is 0 Å². The van der Waals surface area contributed by atoms with Crippen molar-refractivity contribution >= 4 is 11.9 Å². The van der Waals surface area contributed by atoms with Gasteiger partial charge in [-0.3, -0.25) is 4.79 Å². The molecule has 0 unspecified atom stereocenters. The fourth-order valence-electron chi connectivity index (χ4n) is 1.41. The average Bonchev–Trinajstić information content (AvgIpc) is 1.97. The average molecular weight is 171 g/mol. The summed E-state index contributed by atoms with van der Waals surface area (Å²) in [6.45, 7) is 3.83. The number of carbonyl (C=O) groups excluding carboxylic acids is 2. The van der Waals surface area contributed by atoms with E-state index in [1.165, 1.54) is 7.11 Å². The molecule has 1 rings (SSSR count). The number of nitrogens with one attached hydrogen (secondary N) is 1. The minimum Gasteiger partial charge on any atom is -0.467 e. The van der Waals surface area contributed by atoms with Gasteiger partial charge in [-0.15, -0.1) is 0 Å². The van der Waals surface area contributed by atoms with Gasteiger partial charge in [-0.2, -0.15) is 0 Å². The summed E-state index contributed by atoms with van der Waals surface area (Å²) in [7, 11) is 1.32. The summed E-state index contributed by atoms with van der Waals surface area (Å²) < 4.78 is 4.53. The number of rotatable bonds is 2. The molecular formula is C8H13NO3. The van der Waals surface area contributed by atoms with E-state index in [1.807, 2.05) is 13.8 Å². The highest BCUT2D eigenvalue weighted by molar-refractivity contribution is 5.97. The minimum absolute atomic E-state index is 0.0552. The summed E-state index contributed by atoms with van der Waals surface area (Å²) in [5.74, 6) is -0.436. The molecular weight excluding hydrogens is 158 g/mol. The summed E-state index contributed by atoms with van der Waals surface area (Å²) in [5, 5.41) is 2.51. The second-order valence-electron chi connectivity index (χ2n) is 3.28. The van der Waals surface area contributed by atoms with Crippen LogP contribution >= 0.6 is 0 Å². The smallest absolute Gasteiger partial charge is 0.329 e. The first-order chi connectivity index (χ1) is 5.57. The van der Waals surface area contributed by atoms with E-state index in [-0.39, 0.29) is 23.7 Å². The number of esters is 1. The summed E-state index contributed by atoms with van der Waals surface area (Å²) in [5.41, 5.74) is 0. The summed E-state index contributed by atoms with van der Waals surface area (Å²) in [6, 6.07) is -0.428. The number of hydrogen-bond donors (Lipinski definition) is 1. The van der Waals surface area contributed by atoms with Crippen LogP contribution in [0.5, 0.6) is 0 Å². The van der Waals surface area contributed by atoms with E-state index in [2.05, 4.69) is 10.1 Å². The monoisotopic (exact) mass is 171 g/mol. The van der Waals surface area contributed by atoms with E-state index >= 15 is 0 Å². The van der Waals surface area contributed by atoms with Crippen molar-refractivity contribution in [1.29, 1.82) is 0 Å². The lowest BCUT2D eigenvalue weighted by atomic mass is 9.81. The first-order valence-corrected chi connectivity index (χ1v) is 3.96. The molecule has 12 heavy (non-hydrogen) atoms. The summed E-state index contributed by atoms with van der Waals surface area (Å²) >= 11 is 0. The van der Waals surface area contributed by atoms with Gasteiger partial charge in [0.15, 0.2) is 0 Å². The summed E-state index contributed by atoms with van der Waals surface area (Å²) in [6.07, 6.45) is 0. The van der Waals surface area contributed by atoms with Gasteiger partial charge in [-0.25, -0.2) is 4.79 Å². The van der Waals surface area contributed by atoms with Crippen molar-refractivity contribution in [2.24, 2.45) is 11.8 Å². The molecule has 0 radical (unpaired) electrons. The lowest BCUT2D eigenvalue weighted by Gasteiger charge is -2.36. The first kappa shape index (κ1) is 9.03. The third kappa shape index (κ3) is 1.29. The molecule has 2 atom stereocenters. The molecule has 68 valence electrons. The highest BCUT2D eigenvalue weighted by Gasteiger charge is 2.46. The standard InChI is InChI=1S/C8H13NO3/c1-4(2)5-6(8(11)12-3)9-7(5)10/h4-6H,1-3H3,(H,9,10)/t5-,6-/m0/s1. The highest BCUT2D eigenvalue weighted by Crippen LogP contribution is 2.24. The van der Waals surface area contributed by atoms with Crippen LogP contribution in [0.4, 0.5) is 0 Å². The highest BCUT2D eigenvalue weighted by atomic mass is 16.5. The Kier molecular flexibility index (Phi) is 2.35. The van der Waals surface area contributed by atoms with Crippen LogP contribution in [0.1, 0.15) is 13.8 Å². The normalized spacial score (nSPS) is 27.8. The van der Waals surface area contributed by atoms with Gasteiger partial charge in [-0.1, -0.05) is 13.8 Å². The molecule has 1 N–H and O–H groups in total. The van der Waals surface area contributed by atoms with Crippen molar-refractivity contribution in [1.82, 2.24) is 5.32 Å². The fraction of sp³-hybridized carbons (Fsp3) is 0.750. The molecule has 1 heterocycles. The van der Waals surface area contributed by atoms with Crippen molar-refractivity contribution < 1.29 is 14.3 Å². The van der Waals surface area contributed by atoms with Crippen LogP contribution in [-0.2, 0) is 14.3 Å². The molecule has 4 heteroatoms. The largest absolute Gasteiger partial charge is 0.467 e. The van der Waals surface area contributed by atoms with Crippen molar-refractivity contribution in [2.75, 3.05) is 7.11 Å². The molecule has 1 fully saturated rings. The lowest BCUT2D eigenvalue weighted by Crippen LogP contribution is -2.63. The molecule has 1 amide bonds. The zero-order chi connectivity index (χ0) is 9.30. The Hall–Kier alpha value is -1.06. The Morgan fingerprint density at radius 2 is 2.17 bits per heavy atom. The predicted molar refractivity (Wildman–Crippen MR) is 42.3 cm³/mol. The van der Waals surface area contributed by atoms with Crippen LogP contribution in [0.2, 0.25) is 0 Å². The van der Waals surface area contributed by atoms with Crippen molar-refractivity contribution in [2.45, 2.75) is 19.9 Å². The third-order valence-electron chi connectivity index (χ3n) is 2.13. The molecule has 1 saturated heterocycles. The van der Waals surface area contributed by atoms with Gasteiger partial charge < -0.3 is 10.1 Å². The van der Waals surface area contributed by atoms with Crippen LogP contribution in [0.3, 0.4) is 0 Å². The van der Waals surface area contributed by atoms with Gasteiger partial charge in [0.05, 0.1) is 13.0 Å². The fourth-order valence-corrected chi connectivity index (χ4v) is 1.41. The second kappa shape index (κ2) is 3.13. The SMILES string of the molecule is COC(=O)[C@H]1NC(=O)[C@H]1C(C)C. The Balaban J connectivity index is 2.60. The van der Waals surface area contributed by atoms with E-state index in [0.29, 0.717) is 0 Å². The topological polar surface area (TPSA) is 55.4 Å². The van der Waals surface area contributed by atoms with Crippen molar-refractivity contribution in [3.8, 4) is 0 Å². The summed E-state index contributed by atoms with van der Waals surface area (Å²) in [4.78, 5) is 22.0. The lowest BCUT2D eigenvalue weighted by molar-refractivity contribution is -0.157. The molecule has 0 bridgehead atoms. The molecule has 0 aromatic heterocycles. The maximum atomic E-state index is 11.0. The maximum absolute atomic E-state index is 11.0. The Morgan fingerprint density at radius 3 is 2.50 bits per heavy atom. The number of carbonyl (C=O) groups is 2. The third-order valence-corrected chi connectivity index (χ3v) is 2.13. The molecule has 0 saturated carbocycles. The zero-order valence-corrected chi connectivity index (χ0v) is 7.46. The van der Waals surface area contributed by atoms with Crippen LogP contribution in [0, 0.1) is 11.8 Å². The number of amides is 1. The van der Waals surface area contributed by atoms with Gasteiger partial charge in [0.1, 0.15) is 6.04 Å². The second-order valence-corrected chi connectivity index (χ2v) is 3.28. The Morgan fingerprint density at radius 1 is 1.58 bits per heavy atom. The van der Waals surface area contributed by atoms with Gasteiger partial charge in [-0.05, 0) is 5.92 Å². The molecule has 0 aliphatic carbocycles. The predicted octanol–water partition coefficient (Wildman–Crippen LogP) is -0.0700. The van der Waals surface area contributed by atoms with Crippen molar-refractivity contribution in [3.63, 3.8) is 0 Å². The number of β-lactam (4-membered cyclic amide) rings is 1. The van der Waals surface area contributed by atoms with Crippen LogP contribution < -0.4 is 5.32 Å². The van der Waals surface area contributed by atoms with E-state index in [4.69, 9.17) is 0 Å². The Labute approximate surface area is 71.3 Å². The van der Waals surface area contributed by atoms with E-state index in [0.717, 1.165) is 0 Å². The molecule has 4 nitrogen and oxygen atoms in total. The first-order valence-electron chi connectivity index (χ1n) is 3.96. The zero-order valence-electron chi connectivity index (χ0n) is 7.46. The van der Waals surface area contributed by atoms with Crippen LogP contribution in [0.25, 0.3) is 0 Å². The number of ether oxygens (including phenoxy) is 1. The molecule has 1 aliphatic heterocycles. The van der Waals surface area contributed by atoms with Crippen LogP contribution in [-0.4, -0.2) is 25.0 Å². The Bertz CT molecular complexity index is 212. The van der Waals surface area contributed by atoms with Gasteiger partial charge in [0, 0.05) is 0 Å².